The molecule has 0 spiro atoms. The first-order chi connectivity index (χ1) is 7.24. The fraction of sp³-hybridized carbons (Fsp3) is 0.545. The van der Waals surface area contributed by atoms with Crippen LogP contribution in [0.1, 0.15) is 16.4 Å². The van der Waals surface area contributed by atoms with Crippen LogP contribution in [0.3, 0.4) is 0 Å². The number of methoxy groups -OCH3 is 1. The molecule has 4 heteroatoms. The van der Waals surface area contributed by atoms with Gasteiger partial charge in [-0.25, -0.2) is 0 Å². The van der Waals surface area contributed by atoms with Crippen LogP contribution in [-0.2, 0) is 9.53 Å². The molecule has 0 amide bonds. The predicted molar refractivity (Wildman–Crippen MR) is 60.2 cm³/mol. The molecule has 2 heterocycles. The molecule has 2 rings (SSSR count). The Morgan fingerprint density at radius 3 is 3.00 bits per heavy atom. The van der Waals surface area contributed by atoms with E-state index >= 15 is 0 Å². The summed E-state index contributed by atoms with van der Waals surface area (Å²) in [7, 11) is 1.46. The molecule has 0 radical (unpaired) electrons. The van der Waals surface area contributed by atoms with E-state index in [2.05, 4.69) is 23.7 Å². The molecule has 0 unspecified atom stereocenters. The second kappa shape index (κ2) is 4.33. The van der Waals surface area contributed by atoms with E-state index in [9.17, 15) is 4.79 Å². The summed E-state index contributed by atoms with van der Waals surface area (Å²) >= 11 is 1.73. The zero-order chi connectivity index (χ0) is 10.8. The Morgan fingerprint density at radius 1 is 1.60 bits per heavy atom. The van der Waals surface area contributed by atoms with Gasteiger partial charge in [-0.1, -0.05) is 0 Å². The zero-order valence-electron chi connectivity index (χ0n) is 8.95. The first-order valence-electron chi connectivity index (χ1n) is 5.06. The van der Waals surface area contributed by atoms with Crippen molar-refractivity contribution in [2.45, 2.75) is 12.8 Å². The van der Waals surface area contributed by atoms with Crippen molar-refractivity contribution in [2.24, 2.45) is 5.92 Å². The molecule has 82 valence electrons. The number of aryl methyl sites for hydroxylation is 1. The molecule has 2 atom stereocenters. The normalized spacial score (nSPS) is 25.5. The van der Waals surface area contributed by atoms with Crippen molar-refractivity contribution in [1.29, 1.82) is 0 Å². The Kier molecular flexibility index (Phi) is 3.07. The van der Waals surface area contributed by atoms with E-state index in [1.54, 1.807) is 11.3 Å². The van der Waals surface area contributed by atoms with Crippen LogP contribution in [0.25, 0.3) is 0 Å². The van der Waals surface area contributed by atoms with Gasteiger partial charge in [0.25, 0.3) is 0 Å². The molecule has 1 fully saturated rings. The second-order valence-corrected chi connectivity index (χ2v) is 4.81. The van der Waals surface area contributed by atoms with Gasteiger partial charge in [0.2, 0.25) is 0 Å². The van der Waals surface area contributed by atoms with Gasteiger partial charge in [-0.05, 0) is 23.9 Å². The SMILES string of the molecule is COC(=O)[C@H]1CNC[C@@H]1c1sccc1C. The maximum atomic E-state index is 11.6. The Hall–Kier alpha value is -0.870. The molecule has 15 heavy (non-hydrogen) atoms. The summed E-state index contributed by atoms with van der Waals surface area (Å²) < 4.78 is 4.83. The van der Waals surface area contributed by atoms with Gasteiger partial charge in [0.15, 0.2) is 0 Å². The lowest BCUT2D eigenvalue weighted by Gasteiger charge is -2.15. The Morgan fingerprint density at radius 2 is 2.40 bits per heavy atom. The fourth-order valence-corrected chi connectivity index (χ4v) is 3.21. The molecule has 0 bridgehead atoms. The Labute approximate surface area is 93.4 Å². The van der Waals surface area contributed by atoms with Gasteiger partial charge >= 0.3 is 5.97 Å². The van der Waals surface area contributed by atoms with Crippen LogP contribution in [0, 0.1) is 12.8 Å². The topological polar surface area (TPSA) is 38.3 Å². The number of ether oxygens (including phenoxy) is 1. The van der Waals surface area contributed by atoms with Crippen molar-refractivity contribution in [3.8, 4) is 0 Å². The number of hydrogen-bond acceptors (Lipinski definition) is 4. The van der Waals surface area contributed by atoms with E-state index in [4.69, 9.17) is 4.74 Å². The Bertz CT molecular complexity index is 361. The fourth-order valence-electron chi connectivity index (χ4n) is 2.12. The summed E-state index contributed by atoms with van der Waals surface area (Å²) in [6, 6.07) is 2.10. The van der Waals surface area contributed by atoms with E-state index in [1.807, 2.05) is 0 Å². The van der Waals surface area contributed by atoms with E-state index in [1.165, 1.54) is 17.6 Å². The third-order valence-electron chi connectivity index (χ3n) is 2.96. The zero-order valence-corrected chi connectivity index (χ0v) is 9.76. The van der Waals surface area contributed by atoms with Gasteiger partial charge in [-0.15, -0.1) is 11.3 Å². The summed E-state index contributed by atoms with van der Waals surface area (Å²) in [6.07, 6.45) is 0. The number of carbonyl (C=O) groups is 1. The molecule has 0 aromatic carbocycles. The van der Waals surface area contributed by atoms with Gasteiger partial charge in [-0.3, -0.25) is 4.79 Å². The van der Waals surface area contributed by atoms with Crippen LogP contribution in [0.4, 0.5) is 0 Å². The van der Waals surface area contributed by atoms with Crippen molar-refractivity contribution in [1.82, 2.24) is 5.32 Å². The number of esters is 1. The molecule has 0 saturated carbocycles. The van der Waals surface area contributed by atoms with E-state index < -0.39 is 0 Å². The standard InChI is InChI=1S/C11H15NO2S/c1-7-3-4-15-10(7)8-5-12-6-9(8)11(13)14-2/h3-4,8-9,12H,5-6H2,1-2H3/t8-,9-/m0/s1. The molecule has 1 aliphatic rings. The van der Waals surface area contributed by atoms with Crippen molar-refractivity contribution in [2.75, 3.05) is 20.2 Å². The van der Waals surface area contributed by atoms with Crippen molar-refractivity contribution >= 4 is 17.3 Å². The van der Waals surface area contributed by atoms with Crippen molar-refractivity contribution < 1.29 is 9.53 Å². The molecular weight excluding hydrogens is 210 g/mol. The van der Waals surface area contributed by atoms with E-state index in [-0.39, 0.29) is 17.8 Å². The average Bonchev–Trinajstić information content (AvgIpc) is 2.84. The average molecular weight is 225 g/mol. The molecule has 0 aliphatic carbocycles. The van der Waals surface area contributed by atoms with Gasteiger partial charge in [0.1, 0.15) is 0 Å². The number of hydrogen-bond donors (Lipinski definition) is 1. The first kappa shape index (κ1) is 10.6. The maximum Gasteiger partial charge on any atom is 0.310 e. The lowest BCUT2D eigenvalue weighted by Crippen LogP contribution is -2.22. The molecular formula is C11H15NO2S. The predicted octanol–water partition coefficient (Wildman–Crippen LogP) is 1.53. The molecule has 1 aromatic heterocycles. The third-order valence-corrected chi connectivity index (χ3v) is 4.11. The summed E-state index contributed by atoms with van der Waals surface area (Å²) in [5, 5.41) is 5.34. The number of rotatable bonds is 2. The highest BCUT2D eigenvalue weighted by Gasteiger charge is 2.35. The third kappa shape index (κ3) is 1.92. The lowest BCUT2D eigenvalue weighted by molar-refractivity contribution is -0.145. The summed E-state index contributed by atoms with van der Waals surface area (Å²) in [6.45, 7) is 3.70. The first-order valence-corrected chi connectivity index (χ1v) is 5.94. The molecule has 1 N–H and O–H groups in total. The Balaban J connectivity index is 2.22. The highest BCUT2D eigenvalue weighted by atomic mass is 32.1. The summed E-state index contributed by atoms with van der Waals surface area (Å²) in [4.78, 5) is 12.9. The van der Waals surface area contributed by atoms with Crippen LogP contribution in [-0.4, -0.2) is 26.2 Å². The number of thiophene rings is 1. The minimum atomic E-state index is -0.0993. The van der Waals surface area contributed by atoms with Gasteiger partial charge in [-0.2, -0.15) is 0 Å². The largest absolute Gasteiger partial charge is 0.469 e. The van der Waals surface area contributed by atoms with Crippen molar-refractivity contribution in [3.63, 3.8) is 0 Å². The molecule has 1 saturated heterocycles. The van der Waals surface area contributed by atoms with Crippen LogP contribution in [0.15, 0.2) is 11.4 Å². The van der Waals surface area contributed by atoms with Gasteiger partial charge in [0, 0.05) is 23.9 Å². The van der Waals surface area contributed by atoms with Crippen LogP contribution in [0.2, 0.25) is 0 Å². The van der Waals surface area contributed by atoms with E-state index in [0.717, 1.165) is 13.1 Å². The number of carbonyl (C=O) groups excluding carboxylic acids is 1. The minimum absolute atomic E-state index is 0.0210. The smallest absolute Gasteiger partial charge is 0.310 e. The number of nitrogens with one attached hydrogen (secondary N) is 1. The van der Waals surface area contributed by atoms with Crippen LogP contribution < -0.4 is 5.32 Å². The molecule has 3 nitrogen and oxygen atoms in total. The maximum absolute atomic E-state index is 11.6. The highest BCUT2D eigenvalue weighted by Crippen LogP contribution is 2.34. The molecule has 1 aliphatic heterocycles. The highest BCUT2D eigenvalue weighted by molar-refractivity contribution is 7.10. The molecule has 1 aromatic rings. The quantitative estimate of drug-likeness (QED) is 0.776. The van der Waals surface area contributed by atoms with Gasteiger partial charge in [0.05, 0.1) is 13.0 Å². The van der Waals surface area contributed by atoms with Crippen LogP contribution >= 0.6 is 11.3 Å². The lowest BCUT2D eigenvalue weighted by atomic mass is 9.93. The van der Waals surface area contributed by atoms with Crippen LogP contribution in [0.5, 0.6) is 0 Å². The van der Waals surface area contributed by atoms with Crippen molar-refractivity contribution in [3.05, 3.63) is 21.9 Å². The minimum Gasteiger partial charge on any atom is -0.469 e. The second-order valence-electron chi connectivity index (χ2n) is 3.86. The summed E-state index contributed by atoms with van der Waals surface area (Å²) in [5.41, 5.74) is 1.28. The van der Waals surface area contributed by atoms with Gasteiger partial charge < -0.3 is 10.1 Å². The summed E-state index contributed by atoms with van der Waals surface area (Å²) in [5.74, 6) is 0.169. The van der Waals surface area contributed by atoms with E-state index in [0.29, 0.717) is 0 Å². The monoisotopic (exact) mass is 225 g/mol.